The van der Waals surface area contributed by atoms with Gasteiger partial charge in [-0.1, -0.05) is 34.5 Å². The fraction of sp³-hybridized carbons (Fsp3) is 0.111. The number of pyridine rings is 1. The van der Waals surface area contributed by atoms with Crippen molar-refractivity contribution in [3.63, 3.8) is 0 Å². The molecule has 2 N–H and O–H groups in total. The molecule has 136 valence electrons. The van der Waals surface area contributed by atoms with E-state index in [9.17, 15) is 9.90 Å². The molecule has 3 heterocycles. The zero-order valence-electron chi connectivity index (χ0n) is 14.2. The first-order chi connectivity index (χ1) is 12.8. The molecule has 9 heteroatoms. The highest BCUT2D eigenvalue weighted by atomic mass is 35.5. The third-order valence-electron chi connectivity index (χ3n) is 4.08. The maximum absolute atomic E-state index is 11.4. The Labute approximate surface area is 166 Å². The molecule has 0 aliphatic carbocycles. The van der Waals surface area contributed by atoms with Gasteiger partial charge in [0.25, 0.3) is 0 Å². The summed E-state index contributed by atoms with van der Waals surface area (Å²) in [4.78, 5) is 27.5. The van der Waals surface area contributed by atoms with Crippen LogP contribution in [-0.4, -0.2) is 15.1 Å². The van der Waals surface area contributed by atoms with Crippen molar-refractivity contribution in [1.82, 2.24) is 9.97 Å². The van der Waals surface area contributed by atoms with Gasteiger partial charge in [-0.2, -0.15) is 0 Å². The predicted molar refractivity (Wildman–Crippen MR) is 105 cm³/mol. The molecular formula is C18H12Cl2N4O2S. The molecule has 0 atom stereocenters. The second-order valence-corrected chi connectivity index (χ2v) is 7.83. The van der Waals surface area contributed by atoms with Crippen molar-refractivity contribution in [2.24, 2.45) is 9.98 Å². The zero-order valence-corrected chi connectivity index (χ0v) is 16.5. The van der Waals surface area contributed by atoms with Gasteiger partial charge in [0, 0.05) is 10.9 Å². The van der Waals surface area contributed by atoms with Gasteiger partial charge in [0.1, 0.15) is 0 Å². The number of fused-ring (bicyclic) bond motifs is 1. The highest BCUT2D eigenvalue weighted by Crippen LogP contribution is 2.18. The Hall–Kier alpha value is -2.48. The third-order valence-corrected chi connectivity index (χ3v) is 5.62. The number of hydrogen-bond acceptors (Lipinski definition) is 6. The quantitative estimate of drug-likeness (QED) is 0.623. The highest BCUT2D eigenvalue weighted by Gasteiger charge is 2.10. The van der Waals surface area contributed by atoms with Crippen LogP contribution in [-0.2, 0) is 0 Å². The molecule has 1 aliphatic heterocycles. The summed E-state index contributed by atoms with van der Waals surface area (Å²) >= 11 is 13.0. The maximum Gasteiger partial charge on any atom is 0.307 e. The van der Waals surface area contributed by atoms with Crippen LogP contribution >= 0.6 is 34.5 Å². The van der Waals surface area contributed by atoms with E-state index in [1.54, 1.807) is 18.2 Å². The van der Waals surface area contributed by atoms with E-state index >= 15 is 0 Å². The largest absolute Gasteiger partial charge is 0.493 e. The fourth-order valence-electron chi connectivity index (χ4n) is 2.73. The van der Waals surface area contributed by atoms with Crippen LogP contribution in [0.5, 0.6) is 5.88 Å². The smallest absolute Gasteiger partial charge is 0.307 e. The molecule has 0 radical (unpaired) electrons. The van der Waals surface area contributed by atoms with Crippen molar-refractivity contribution in [3.8, 4) is 5.88 Å². The van der Waals surface area contributed by atoms with Gasteiger partial charge in [-0.05, 0) is 43.7 Å². The van der Waals surface area contributed by atoms with Crippen molar-refractivity contribution in [3.05, 3.63) is 75.3 Å². The number of rotatable bonds is 1. The molecule has 0 saturated heterocycles. The molecule has 0 unspecified atom stereocenters. The Balaban J connectivity index is 1.93. The first kappa shape index (κ1) is 17.9. The van der Waals surface area contributed by atoms with Crippen LogP contribution < -0.4 is 26.2 Å². The standard InChI is InChI=1S/C18H12Cl2N4O2S/c1-7-3-9(16-22-13-4-10(19)11(20)5-14(13)23-16)8(2)21-12(7)6-15-17(25)24-18(26)27-15/h3-6,25H,1-2H3,(H,24,26). The first-order valence-corrected chi connectivity index (χ1v) is 9.44. The van der Waals surface area contributed by atoms with E-state index in [1.807, 2.05) is 19.9 Å². The van der Waals surface area contributed by atoms with E-state index in [0.717, 1.165) is 27.8 Å². The molecule has 1 aliphatic rings. The Morgan fingerprint density at radius 3 is 2.30 bits per heavy atom. The third kappa shape index (κ3) is 3.29. The summed E-state index contributed by atoms with van der Waals surface area (Å²) in [7, 11) is 0. The molecule has 0 fully saturated rings. The highest BCUT2D eigenvalue weighted by molar-refractivity contribution is 7.10. The number of nitrogens with one attached hydrogen (secondary N) is 1. The van der Waals surface area contributed by atoms with Gasteiger partial charge < -0.3 is 5.11 Å². The van der Waals surface area contributed by atoms with Gasteiger partial charge in [0.15, 0.2) is 5.82 Å². The lowest BCUT2D eigenvalue weighted by atomic mass is 10.2. The van der Waals surface area contributed by atoms with Gasteiger partial charge in [-0.15, -0.1) is 0 Å². The van der Waals surface area contributed by atoms with E-state index in [-0.39, 0.29) is 10.8 Å². The minimum atomic E-state index is -0.320. The molecular weight excluding hydrogens is 407 g/mol. The number of hydrogen-bond donors (Lipinski definition) is 2. The number of halogens is 2. The summed E-state index contributed by atoms with van der Waals surface area (Å²) in [5.74, 6) is 0.379. The average Bonchev–Trinajstić information content (AvgIpc) is 3.13. The maximum atomic E-state index is 11.4. The van der Waals surface area contributed by atoms with Crippen LogP contribution in [0.4, 0.5) is 0 Å². The van der Waals surface area contributed by atoms with Crippen molar-refractivity contribution < 1.29 is 5.11 Å². The van der Waals surface area contributed by atoms with Gasteiger partial charge >= 0.3 is 4.87 Å². The number of nitrogens with zero attached hydrogens (tertiary/aromatic N) is 3. The molecule has 0 bridgehead atoms. The van der Waals surface area contributed by atoms with Gasteiger partial charge in [-0.25, -0.2) is 9.98 Å². The zero-order chi connectivity index (χ0) is 19.3. The van der Waals surface area contributed by atoms with Gasteiger partial charge in [0.2, 0.25) is 5.88 Å². The lowest BCUT2D eigenvalue weighted by Gasteiger charge is -2.00. The lowest BCUT2D eigenvalue weighted by molar-refractivity contribution is 0.455. The minimum absolute atomic E-state index is 0.160. The van der Waals surface area contributed by atoms with Crippen molar-refractivity contribution in [2.45, 2.75) is 13.8 Å². The normalized spacial score (nSPS) is 13.5. The number of H-pyrrole nitrogens is 1. The molecule has 1 aromatic carbocycles. The Kier molecular flexibility index (Phi) is 4.38. The van der Waals surface area contributed by atoms with E-state index in [4.69, 9.17) is 23.2 Å². The fourth-order valence-corrected chi connectivity index (χ4v) is 3.71. The predicted octanol–water partition coefficient (Wildman–Crippen LogP) is 1.31. The van der Waals surface area contributed by atoms with Crippen LogP contribution in [0.2, 0.25) is 10.0 Å². The summed E-state index contributed by atoms with van der Waals surface area (Å²) in [6.07, 6.45) is 1.67. The molecule has 3 aromatic rings. The summed E-state index contributed by atoms with van der Waals surface area (Å²) in [6, 6.07) is 5.30. The van der Waals surface area contributed by atoms with Gasteiger partial charge in [-0.3, -0.25) is 14.8 Å². The second-order valence-electron chi connectivity index (χ2n) is 6.00. The molecule has 4 rings (SSSR count). The molecule has 0 spiro atoms. The number of aromatic hydroxyl groups is 1. The van der Waals surface area contributed by atoms with Crippen LogP contribution in [0.25, 0.3) is 11.9 Å². The number of benzene rings is 1. The Bertz CT molecular complexity index is 1360. The van der Waals surface area contributed by atoms with E-state index in [0.29, 0.717) is 36.8 Å². The average molecular weight is 419 g/mol. The van der Waals surface area contributed by atoms with E-state index < -0.39 is 0 Å². The number of aromatic nitrogens is 2. The van der Waals surface area contributed by atoms with Crippen LogP contribution in [0.3, 0.4) is 0 Å². The van der Waals surface area contributed by atoms with Crippen LogP contribution in [0.15, 0.2) is 33.0 Å². The number of aromatic amines is 1. The molecule has 2 aromatic heterocycles. The molecule has 6 nitrogen and oxygen atoms in total. The van der Waals surface area contributed by atoms with Crippen molar-refractivity contribution >= 4 is 46.4 Å². The van der Waals surface area contributed by atoms with Crippen LogP contribution in [0, 0.1) is 13.8 Å². The number of thiazole rings is 1. The summed E-state index contributed by atoms with van der Waals surface area (Å²) in [5, 5.41) is 13.4. The summed E-state index contributed by atoms with van der Waals surface area (Å²) in [5.41, 5.74) is 1.59. The summed E-state index contributed by atoms with van der Waals surface area (Å²) in [6.45, 7) is 3.75. The van der Waals surface area contributed by atoms with E-state index in [1.165, 1.54) is 0 Å². The first-order valence-electron chi connectivity index (χ1n) is 7.86. The Morgan fingerprint density at radius 1 is 1.11 bits per heavy atom. The van der Waals surface area contributed by atoms with Gasteiger partial charge in [0.05, 0.1) is 31.0 Å². The summed E-state index contributed by atoms with van der Waals surface area (Å²) < 4.78 is 0. The van der Waals surface area contributed by atoms with Crippen LogP contribution in [0.1, 0.15) is 16.1 Å². The molecule has 27 heavy (non-hydrogen) atoms. The van der Waals surface area contributed by atoms with Crippen molar-refractivity contribution in [1.29, 1.82) is 0 Å². The Morgan fingerprint density at radius 2 is 1.74 bits per heavy atom. The molecule has 0 saturated carbocycles. The lowest BCUT2D eigenvalue weighted by Crippen LogP contribution is -2.22. The SMILES string of the molecule is Cc1nc(=Cc2sc(=O)[nH]c2O)c(C)cc1=C1N=c2cc(Cl)c(Cl)cc2=N1. The van der Waals surface area contributed by atoms with E-state index in [2.05, 4.69) is 20.0 Å². The van der Waals surface area contributed by atoms with Crippen molar-refractivity contribution in [2.75, 3.05) is 0 Å². The topological polar surface area (TPSA) is 90.7 Å². The monoisotopic (exact) mass is 418 g/mol. The second kappa shape index (κ2) is 6.60. The number of aryl methyl sites for hydroxylation is 2. The minimum Gasteiger partial charge on any atom is -0.493 e. The molecule has 0 amide bonds.